The third-order valence-corrected chi connectivity index (χ3v) is 6.17. The van der Waals surface area contributed by atoms with E-state index in [1.807, 2.05) is 24.3 Å². The van der Waals surface area contributed by atoms with Gasteiger partial charge in [-0.25, -0.2) is 4.79 Å². The molecule has 3 rings (SSSR count). The van der Waals surface area contributed by atoms with Gasteiger partial charge in [0.25, 0.3) is 5.91 Å². The van der Waals surface area contributed by atoms with Crippen molar-refractivity contribution in [2.24, 2.45) is 0 Å². The van der Waals surface area contributed by atoms with Crippen LogP contribution in [0.5, 0.6) is 0 Å². The van der Waals surface area contributed by atoms with Gasteiger partial charge in [0.15, 0.2) is 12.2 Å². The van der Waals surface area contributed by atoms with E-state index in [-0.39, 0.29) is 12.5 Å². The lowest BCUT2D eigenvalue weighted by molar-refractivity contribution is -0.170. The number of anilines is 1. The second-order valence-corrected chi connectivity index (χ2v) is 8.38. The number of rotatable bonds is 3. The molecule has 1 atom stereocenters. The van der Waals surface area contributed by atoms with Crippen molar-refractivity contribution in [2.75, 3.05) is 18.1 Å². The molecule has 1 aliphatic heterocycles. The number of ether oxygens (including phenoxy) is 1. The molecule has 1 saturated carbocycles. The molecule has 0 unspecified atom stereocenters. The second kappa shape index (κ2) is 7.79. The van der Waals surface area contributed by atoms with E-state index in [4.69, 9.17) is 4.74 Å². The van der Waals surface area contributed by atoms with E-state index in [2.05, 4.69) is 6.92 Å². The molecule has 1 heterocycles. The highest BCUT2D eigenvalue weighted by Crippen LogP contribution is 2.37. The summed E-state index contributed by atoms with van der Waals surface area (Å²) in [6.45, 7) is 2.42. The third-order valence-electron chi connectivity index (χ3n) is 4.93. The summed E-state index contributed by atoms with van der Waals surface area (Å²) >= 11 is 1.76. The van der Waals surface area contributed by atoms with Gasteiger partial charge in [-0.1, -0.05) is 25.5 Å². The molecule has 2 aliphatic rings. The van der Waals surface area contributed by atoms with Gasteiger partial charge in [0.1, 0.15) is 0 Å². The SMILES string of the molecule is C[C@@H]1CCN(C(=O)COC(=O)C2(O)CCCCC2)c2ccccc2S1. The van der Waals surface area contributed by atoms with Gasteiger partial charge in [-0.05, 0) is 44.2 Å². The Kier molecular flexibility index (Phi) is 5.69. The Morgan fingerprint density at radius 1 is 1.28 bits per heavy atom. The van der Waals surface area contributed by atoms with Gasteiger partial charge in [0.05, 0.1) is 5.69 Å². The lowest BCUT2D eigenvalue weighted by Crippen LogP contribution is -2.44. The molecule has 1 N–H and O–H groups in total. The predicted octanol–water partition coefficient (Wildman–Crippen LogP) is 3.14. The number of benzene rings is 1. The molecule has 0 bridgehead atoms. The first kappa shape index (κ1) is 18.3. The Labute approximate surface area is 152 Å². The molecule has 0 spiro atoms. The maximum Gasteiger partial charge on any atom is 0.338 e. The maximum atomic E-state index is 12.7. The van der Waals surface area contributed by atoms with Gasteiger partial charge in [0, 0.05) is 16.7 Å². The first-order valence-corrected chi connectivity index (χ1v) is 9.83. The van der Waals surface area contributed by atoms with Crippen LogP contribution < -0.4 is 4.90 Å². The average Bonchev–Trinajstić information content (AvgIpc) is 2.78. The Balaban J connectivity index is 1.66. The topological polar surface area (TPSA) is 66.8 Å². The Bertz CT molecular complexity index is 642. The van der Waals surface area contributed by atoms with Gasteiger partial charge in [-0.2, -0.15) is 0 Å². The van der Waals surface area contributed by atoms with E-state index in [1.54, 1.807) is 16.7 Å². The first-order valence-electron chi connectivity index (χ1n) is 8.95. The van der Waals surface area contributed by atoms with Gasteiger partial charge < -0.3 is 14.7 Å². The highest BCUT2D eigenvalue weighted by atomic mass is 32.2. The smallest absolute Gasteiger partial charge is 0.338 e. The quantitative estimate of drug-likeness (QED) is 0.836. The zero-order valence-corrected chi connectivity index (χ0v) is 15.4. The minimum Gasteiger partial charge on any atom is -0.453 e. The number of para-hydroxylation sites is 1. The lowest BCUT2D eigenvalue weighted by Gasteiger charge is -2.30. The molecule has 0 aromatic heterocycles. The molecule has 1 aromatic carbocycles. The fraction of sp³-hybridized carbons (Fsp3) is 0.579. The summed E-state index contributed by atoms with van der Waals surface area (Å²) in [5, 5.41) is 10.8. The van der Waals surface area contributed by atoms with Crippen LogP contribution in [0.15, 0.2) is 29.2 Å². The van der Waals surface area contributed by atoms with E-state index in [9.17, 15) is 14.7 Å². The molecular formula is C19H25NO4S. The standard InChI is InChI=1S/C19H25NO4S/c1-14-9-12-20(15-7-3-4-8-16(15)25-14)17(21)13-24-18(22)19(23)10-5-2-6-11-19/h3-4,7-8,14,23H,2,5-6,9-13H2,1H3/t14-/m1/s1. The van der Waals surface area contributed by atoms with Crippen molar-refractivity contribution < 1.29 is 19.4 Å². The molecule has 5 nitrogen and oxygen atoms in total. The summed E-state index contributed by atoms with van der Waals surface area (Å²) in [5.74, 6) is -0.902. The first-order chi connectivity index (χ1) is 12.0. The van der Waals surface area contributed by atoms with Crippen LogP contribution >= 0.6 is 11.8 Å². The molecule has 0 radical (unpaired) electrons. The minimum atomic E-state index is -1.42. The zero-order chi connectivity index (χ0) is 17.9. The number of nitrogens with zero attached hydrogens (tertiary/aromatic N) is 1. The molecule has 25 heavy (non-hydrogen) atoms. The van der Waals surface area contributed by atoms with E-state index in [0.29, 0.717) is 24.6 Å². The number of carbonyl (C=O) groups is 2. The van der Waals surface area contributed by atoms with Crippen LogP contribution in [0, 0.1) is 0 Å². The summed E-state index contributed by atoms with van der Waals surface area (Å²) in [6, 6.07) is 7.81. The van der Waals surface area contributed by atoms with Crippen molar-refractivity contribution in [3.05, 3.63) is 24.3 Å². The number of carbonyl (C=O) groups excluding carboxylic acids is 2. The second-order valence-electron chi connectivity index (χ2n) is 6.90. The highest BCUT2D eigenvalue weighted by Gasteiger charge is 2.39. The van der Waals surface area contributed by atoms with Crippen molar-refractivity contribution >= 4 is 29.3 Å². The van der Waals surface area contributed by atoms with Crippen LogP contribution in [0.4, 0.5) is 5.69 Å². The van der Waals surface area contributed by atoms with Crippen LogP contribution in [0.2, 0.25) is 0 Å². The maximum absolute atomic E-state index is 12.7. The fourth-order valence-corrected chi connectivity index (χ4v) is 4.54. The third kappa shape index (κ3) is 4.18. The van der Waals surface area contributed by atoms with Crippen LogP contribution in [0.25, 0.3) is 0 Å². The van der Waals surface area contributed by atoms with Crippen molar-refractivity contribution in [1.29, 1.82) is 0 Å². The molecule has 136 valence electrons. The van der Waals surface area contributed by atoms with Crippen molar-refractivity contribution in [1.82, 2.24) is 0 Å². The van der Waals surface area contributed by atoms with Gasteiger partial charge in [-0.3, -0.25) is 4.79 Å². The molecule has 1 aromatic rings. The summed E-state index contributed by atoms with van der Waals surface area (Å²) in [6.07, 6.45) is 4.36. The molecule has 0 saturated heterocycles. The summed E-state index contributed by atoms with van der Waals surface area (Å²) < 4.78 is 5.20. The Morgan fingerprint density at radius 3 is 2.76 bits per heavy atom. The largest absolute Gasteiger partial charge is 0.453 e. The number of aliphatic hydroxyl groups is 1. The van der Waals surface area contributed by atoms with Crippen LogP contribution in [0.1, 0.15) is 45.4 Å². The normalized spacial score (nSPS) is 22.6. The molecule has 1 aliphatic carbocycles. The average molecular weight is 363 g/mol. The molecular weight excluding hydrogens is 338 g/mol. The number of hydrogen-bond donors (Lipinski definition) is 1. The molecule has 6 heteroatoms. The van der Waals surface area contributed by atoms with Crippen molar-refractivity contribution in [3.8, 4) is 0 Å². The number of hydrogen-bond acceptors (Lipinski definition) is 5. The van der Waals surface area contributed by atoms with E-state index >= 15 is 0 Å². The van der Waals surface area contributed by atoms with E-state index in [0.717, 1.165) is 36.3 Å². The number of amides is 1. The Hall–Kier alpha value is -1.53. The van der Waals surface area contributed by atoms with Crippen LogP contribution in [0.3, 0.4) is 0 Å². The van der Waals surface area contributed by atoms with Gasteiger partial charge >= 0.3 is 5.97 Å². The molecule has 1 amide bonds. The van der Waals surface area contributed by atoms with Crippen molar-refractivity contribution in [2.45, 2.75) is 61.2 Å². The number of thioether (sulfide) groups is 1. The minimum absolute atomic E-state index is 0.241. The van der Waals surface area contributed by atoms with Gasteiger partial charge in [0.2, 0.25) is 0 Å². The van der Waals surface area contributed by atoms with E-state index in [1.165, 1.54) is 0 Å². The lowest BCUT2D eigenvalue weighted by atomic mass is 9.85. The van der Waals surface area contributed by atoms with E-state index < -0.39 is 11.6 Å². The fourth-order valence-electron chi connectivity index (χ4n) is 3.43. The zero-order valence-electron chi connectivity index (χ0n) is 14.6. The summed E-state index contributed by atoms with van der Waals surface area (Å²) in [4.78, 5) is 27.7. The number of esters is 1. The number of fused-ring (bicyclic) bond motifs is 1. The van der Waals surface area contributed by atoms with Crippen LogP contribution in [-0.2, 0) is 14.3 Å². The van der Waals surface area contributed by atoms with Crippen LogP contribution in [-0.4, -0.2) is 41.0 Å². The molecule has 1 fully saturated rings. The summed E-state index contributed by atoms with van der Waals surface area (Å²) in [5.41, 5.74) is -0.547. The van der Waals surface area contributed by atoms with Gasteiger partial charge in [-0.15, -0.1) is 11.8 Å². The summed E-state index contributed by atoms with van der Waals surface area (Å²) in [7, 11) is 0. The monoisotopic (exact) mass is 363 g/mol. The predicted molar refractivity (Wildman–Crippen MR) is 97.7 cm³/mol. The highest BCUT2D eigenvalue weighted by molar-refractivity contribution is 8.00. The van der Waals surface area contributed by atoms with Crippen molar-refractivity contribution in [3.63, 3.8) is 0 Å². The Morgan fingerprint density at radius 2 is 2.00 bits per heavy atom.